The topological polar surface area (TPSA) is 50.6 Å². The van der Waals surface area contributed by atoms with Crippen molar-refractivity contribution >= 4 is 5.97 Å². The molecule has 0 aromatic carbocycles. The van der Waals surface area contributed by atoms with Gasteiger partial charge in [0, 0.05) is 26.7 Å². The number of aryl methyl sites for hydroxylation is 1. The van der Waals surface area contributed by atoms with E-state index in [9.17, 15) is 4.79 Å². The minimum absolute atomic E-state index is 0.275. The van der Waals surface area contributed by atoms with E-state index < -0.39 is 0 Å². The van der Waals surface area contributed by atoms with Gasteiger partial charge in [-0.05, 0) is 33.5 Å². The second-order valence-electron chi connectivity index (χ2n) is 5.28. The lowest BCUT2D eigenvalue weighted by Crippen LogP contribution is -2.30. The van der Waals surface area contributed by atoms with Gasteiger partial charge in [0.05, 0.1) is 18.5 Å². The quantitative estimate of drug-likeness (QED) is 0.761. The molecular formula is C14H24N4O2. The summed E-state index contributed by atoms with van der Waals surface area (Å²) in [4.78, 5) is 16.7. The Morgan fingerprint density at radius 3 is 2.85 bits per heavy atom. The summed E-state index contributed by atoms with van der Waals surface area (Å²) >= 11 is 0. The summed E-state index contributed by atoms with van der Waals surface area (Å²) in [6.07, 6.45) is 2.76. The van der Waals surface area contributed by atoms with Crippen LogP contribution in [0.15, 0.2) is 6.20 Å². The highest BCUT2D eigenvalue weighted by Crippen LogP contribution is 2.14. The minimum atomic E-state index is -0.275. The van der Waals surface area contributed by atoms with Crippen LogP contribution < -0.4 is 0 Å². The Balaban J connectivity index is 2.08. The van der Waals surface area contributed by atoms with Crippen molar-refractivity contribution in [2.75, 3.05) is 39.8 Å². The van der Waals surface area contributed by atoms with E-state index in [2.05, 4.69) is 21.9 Å². The van der Waals surface area contributed by atoms with Gasteiger partial charge in [0.2, 0.25) is 0 Å². The lowest BCUT2D eigenvalue weighted by Gasteiger charge is -2.20. The van der Waals surface area contributed by atoms with E-state index in [-0.39, 0.29) is 5.97 Å². The van der Waals surface area contributed by atoms with Gasteiger partial charge in [-0.15, -0.1) is 0 Å². The fraction of sp³-hybridized carbons (Fsp3) is 0.714. The molecule has 1 aromatic heterocycles. The van der Waals surface area contributed by atoms with E-state index in [1.54, 1.807) is 10.9 Å². The predicted molar refractivity (Wildman–Crippen MR) is 76.6 cm³/mol. The number of hydrogen-bond acceptors (Lipinski definition) is 5. The van der Waals surface area contributed by atoms with Crippen molar-refractivity contribution in [1.29, 1.82) is 0 Å². The van der Waals surface area contributed by atoms with Gasteiger partial charge in [-0.1, -0.05) is 0 Å². The van der Waals surface area contributed by atoms with Crippen LogP contribution in [-0.4, -0.2) is 65.4 Å². The Kier molecular flexibility index (Phi) is 5.14. The van der Waals surface area contributed by atoms with Gasteiger partial charge < -0.3 is 9.64 Å². The van der Waals surface area contributed by atoms with Crippen molar-refractivity contribution in [1.82, 2.24) is 19.6 Å². The molecule has 0 spiro atoms. The number of ether oxygens (including phenoxy) is 1. The maximum Gasteiger partial charge on any atom is 0.341 e. The fourth-order valence-corrected chi connectivity index (χ4v) is 2.50. The molecule has 0 saturated carbocycles. The molecule has 0 unspecified atom stereocenters. The molecule has 0 amide bonds. The smallest absolute Gasteiger partial charge is 0.341 e. The molecule has 112 valence electrons. The lowest BCUT2D eigenvalue weighted by atomic mass is 10.2. The molecular weight excluding hydrogens is 256 g/mol. The first-order chi connectivity index (χ1) is 9.61. The Bertz CT molecular complexity index is 458. The number of carbonyl (C=O) groups excluding carboxylic acids is 1. The van der Waals surface area contributed by atoms with Crippen LogP contribution in [0.5, 0.6) is 0 Å². The van der Waals surface area contributed by atoms with E-state index in [1.165, 1.54) is 0 Å². The third-order valence-corrected chi connectivity index (χ3v) is 3.74. The van der Waals surface area contributed by atoms with Crippen molar-refractivity contribution in [3.63, 3.8) is 0 Å². The van der Waals surface area contributed by atoms with Crippen LogP contribution >= 0.6 is 0 Å². The number of rotatable bonds is 4. The van der Waals surface area contributed by atoms with Gasteiger partial charge in [0.25, 0.3) is 0 Å². The van der Waals surface area contributed by atoms with Crippen LogP contribution in [0.1, 0.15) is 29.4 Å². The van der Waals surface area contributed by atoms with Crippen molar-refractivity contribution in [3.05, 3.63) is 17.5 Å². The number of esters is 1. The predicted octanol–water partition coefficient (Wildman–Crippen LogP) is 0.734. The summed E-state index contributed by atoms with van der Waals surface area (Å²) in [5, 5.41) is 4.20. The van der Waals surface area contributed by atoms with Crippen LogP contribution in [0, 0.1) is 0 Å². The highest BCUT2D eigenvalue weighted by atomic mass is 16.5. The van der Waals surface area contributed by atoms with Crippen molar-refractivity contribution in [2.24, 2.45) is 7.05 Å². The first-order valence-electron chi connectivity index (χ1n) is 7.20. The van der Waals surface area contributed by atoms with E-state index in [4.69, 9.17) is 4.74 Å². The molecule has 1 fully saturated rings. The number of aromatic nitrogens is 2. The molecule has 0 atom stereocenters. The summed E-state index contributed by atoms with van der Waals surface area (Å²) < 4.78 is 6.87. The van der Waals surface area contributed by atoms with Crippen LogP contribution in [0.4, 0.5) is 0 Å². The average Bonchev–Trinajstić information content (AvgIpc) is 2.64. The molecule has 0 N–H and O–H groups in total. The zero-order chi connectivity index (χ0) is 14.5. The van der Waals surface area contributed by atoms with Gasteiger partial charge in [0.15, 0.2) is 0 Å². The summed E-state index contributed by atoms with van der Waals surface area (Å²) in [5.41, 5.74) is 1.53. The highest BCUT2D eigenvalue weighted by Gasteiger charge is 2.20. The first kappa shape index (κ1) is 15.0. The van der Waals surface area contributed by atoms with E-state index in [0.717, 1.165) is 44.8 Å². The summed E-state index contributed by atoms with van der Waals surface area (Å²) in [6, 6.07) is 0. The first-order valence-corrected chi connectivity index (χ1v) is 7.20. The number of hydrogen-bond donors (Lipinski definition) is 0. The summed E-state index contributed by atoms with van der Waals surface area (Å²) in [7, 11) is 4.03. The number of likely N-dealkylation sites (N-methyl/N-ethyl adjacent to an activating group) is 1. The SMILES string of the molecule is CCOC(=O)c1cnn(C)c1CN1CCCN(C)CC1. The second kappa shape index (κ2) is 6.85. The average molecular weight is 280 g/mol. The van der Waals surface area contributed by atoms with Gasteiger partial charge in [-0.2, -0.15) is 5.10 Å². The third kappa shape index (κ3) is 3.58. The fourth-order valence-electron chi connectivity index (χ4n) is 2.50. The molecule has 0 aliphatic carbocycles. The van der Waals surface area contributed by atoms with E-state index in [1.807, 2.05) is 14.0 Å². The molecule has 1 aromatic rings. The van der Waals surface area contributed by atoms with Gasteiger partial charge >= 0.3 is 5.97 Å². The van der Waals surface area contributed by atoms with Crippen LogP contribution in [0.3, 0.4) is 0 Å². The van der Waals surface area contributed by atoms with Crippen molar-refractivity contribution in [2.45, 2.75) is 19.9 Å². The molecule has 20 heavy (non-hydrogen) atoms. The molecule has 1 aliphatic heterocycles. The third-order valence-electron chi connectivity index (χ3n) is 3.74. The number of carbonyl (C=O) groups is 1. The van der Waals surface area contributed by atoms with Gasteiger partial charge in [0.1, 0.15) is 5.56 Å². The molecule has 1 aliphatic rings. The zero-order valence-corrected chi connectivity index (χ0v) is 12.6. The Morgan fingerprint density at radius 2 is 2.10 bits per heavy atom. The molecule has 0 radical (unpaired) electrons. The van der Waals surface area contributed by atoms with Gasteiger partial charge in [-0.3, -0.25) is 9.58 Å². The largest absolute Gasteiger partial charge is 0.462 e. The maximum atomic E-state index is 11.9. The maximum absolute atomic E-state index is 11.9. The minimum Gasteiger partial charge on any atom is -0.462 e. The van der Waals surface area contributed by atoms with Crippen LogP contribution in [-0.2, 0) is 18.3 Å². The second-order valence-corrected chi connectivity index (χ2v) is 5.28. The summed E-state index contributed by atoms with van der Waals surface area (Å²) in [6.45, 7) is 7.22. The summed E-state index contributed by atoms with van der Waals surface area (Å²) in [5.74, 6) is -0.275. The standard InChI is InChI=1S/C14H24N4O2/c1-4-20-14(19)12-10-15-17(3)13(12)11-18-7-5-6-16(2)8-9-18/h10H,4-9,11H2,1-3H3. The van der Waals surface area contributed by atoms with Gasteiger partial charge in [-0.25, -0.2) is 4.79 Å². The van der Waals surface area contributed by atoms with Crippen molar-refractivity contribution < 1.29 is 9.53 Å². The van der Waals surface area contributed by atoms with E-state index in [0.29, 0.717) is 12.2 Å². The van der Waals surface area contributed by atoms with E-state index >= 15 is 0 Å². The Hall–Kier alpha value is -1.40. The molecule has 6 nitrogen and oxygen atoms in total. The molecule has 2 heterocycles. The van der Waals surface area contributed by atoms with Crippen molar-refractivity contribution in [3.8, 4) is 0 Å². The Morgan fingerprint density at radius 1 is 1.30 bits per heavy atom. The zero-order valence-electron chi connectivity index (χ0n) is 12.6. The normalized spacial score (nSPS) is 17.9. The van der Waals surface area contributed by atoms with Crippen LogP contribution in [0.2, 0.25) is 0 Å². The lowest BCUT2D eigenvalue weighted by molar-refractivity contribution is 0.0523. The Labute approximate surface area is 120 Å². The molecule has 6 heteroatoms. The molecule has 2 rings (SSSR count). The van der Waals surface area contributed by atoms with Crippen LogP contribution in [0.25, 0.3) is 0 Å². The molecule has 0 bridgehead atoms. The number of nitrogens with zero attached hydrogens (tertiary/aromatic N) is 4. The molecule has 1 saturated heterocycles. The monoisotopic (exact) mass is 280 g/mol. The highest BCUT2D eigenvalue weighted by molar-refractivity contribution is 5.90.